The number of fused-ring (bicyclic) bond motifs is 1. The number of hydrogen-bond donors (Lipinski definition) is 1. The van der Waals surface area contributed by atoms with Gasteiger partial charge in [0.1, 0.15) is 21.9 Å². The average Bonchev–Trinajstić information content (AvgIpc) is 2.92. The minimum atomic E-state index is -4.51. The zero-order valence-corrected chi connectivity index (χ0v) is 15.5. The number of aryl methyl sites for hydroxylation is 1. The van der Waals surface area contributed by atoms with Crippen molar-refractivity contribution < 1.29 is 22.7 Å². The van der Waals surface area contributed by atoms with Gasteiger partial charge in [-0.3, -0.25) is 0 Å². The molecule has 0 aliphatic heterocycles. The van der Waals surface area contributed by atoms with Crippen LogP contribution in [0.5, 0.6) is 0 Å². The molecular weight excluding hydrogens is 379 g/mol. The molecule has 0 spiro atoms. The molecule has 0 aliphatic rings. The zero-order chi connectivity index (χ0) is 19.8. The molecule has 2 aromatic heterocycles. The van der Waals surface area contributed by atoms with Crippen molar-refractivity contribution >= 4 is 39.0 Å². The highest BCUT2D eigenvalue weighted by Crippen LogP contribution is 2.38. The number of para-hydroxylation sites is 1. The van der Waals surface area contributed by atoms with Crippen LogP contribution in [0.2, 0.25) is 0 Å². The Bertz CT molecular complexity index is 999. The predicted molar refractivity (Wildman–Crippen MR) is 97.4 cm³/mol. The molecule has 5 nitrogen and oxygen atoms in total. The van der Waals surface area contributed by atoms with E-state index in [0.29, 0.717) is 20.7 Å². The fraction of sp³-hybridized carbons (Fsp3) is 0.278. The number of aromatic nitrogens is 2. The lowest BCUT2D eigenvalue weighted by Crippen LogP contribution is -2.11. The lowest BCUT2D eigenvalue weighted by Gasteiger charge is -2.14. The molecule has 9 heteroatoms. The topological polar surface area (TPSA) is 64.1 Å². The maximum absolute atomic E-state index is 13.2. The minimum Gasteiger partial charge on any atom is -0.459 e. The number of carbonyl (C=O) groups excluding carboxylic acids is 1. The summed E-state index contributed by atoms with van der Waals surface area (Å²) in [6.07, 6.45) is -3.55. The van der Waals surface area contributed by atoms with Crippen LogP contribution in [0.15, 0.2) is 30.6 Å². The van der Waals surface area contributed by atoms with Crippen molar-refractivity contribution in [3.05, 3.63) is 46.6 Å². The van der Waals surface area contributed by atoms with Gasteiger partial charge in [0.05, 0.1) is 22.7 Å². The van der Waals surface area contributed by atoms with E-state index in [0.717, 1.165) is 17.4 Å². The summed E-state index contributed by atoms with van der Waals surface area (Å²) in [4.78, 5) is 21.3. The molecule has 142 valence electrons. The number of anilines is 2. The molecule has 3 rings (SSSR count). The number of alkyl halides is 3. The standard InChI is InChI=1S/C18H16F3N3O2S/c1-9(2)26-17(25)14-10(3)13-15(22-8-23-16(13)27-14)24-12-7-5-4-6-11(12)18(19,20)21/h4-9H,1-3H3,(H,22,23,24). The maximum atomic E-state index is 13.2. The fourth-order valence-electron chi connectivity index (χ4n) is 2.60. The van der Waals surface area contributed by atoms with Crippen LogP contribution < -0.4 is 5.32 Å². The molecule has 0 radical (unpaired) electrons. The Morgan fingerprint density at radius 1 is 1.22 bits per heavy atom. The smallest absolute Gasteiger partial charge is 0.418 e. The lowest BCUT2D eigenvalue weighted by atomic mass is 10.1. The molecule has 0 saturated heterocycles. The number of carbonyl (C=O) groups is 1. The van der Waals surface area contributed by atoms with Gasteiger partial charge in [0.15, 0.2) is 0 Å². The van der Waals surface area contributed by atoms with Crippen LogP contribution in [0.25, 0.3) is 10.2 Å². The van der Waals surface area contributed by atoms with Crippen LogP contribution in [-0.2, 0) is 10.9 Å². The molecule has 0 fully saturated rings. The van der Waals surface area contributed by atoms with Crippen molar-refractivity contribution in [3.63, 3.8) is 0 Å². The highest BCUT2D eigenvalue weighted by Gasteiger charge is 2.33. The number of ether oxygens (including phenoxy) is 1. The SMILES string of the molecule is Cc1c(C(=O)OC(C)C)sc2ncnc(Nc3ccccc3C(F)(F)F)c12. The zero-order valence-electron chi connectivity index (χ0n) is 14.7. The van der Waals surface area contributed by atoms with E-state index in [4.69, 9.17) is 4.74 Å². The summed E-state index contributed by atoms with van der Waals surface area (Å²) < 4.78 is 45.0. The van der Waals surface area contributed by atoms with Gasteiger partial charge >= 0.3 is 12.1 Å². The van der Waals surface area contributed by atoms with Crippen molar-refractivity contribution in [1.82, 2.24) is 9.97 Å². The van der Waals surface area contributed by atoms with Crippen LogP contribution in [-0.4, -0.2) is 22.0 Å². The highest BCUT2D eigenvalue weighted by atomic mass is 32.1. The van der Waals surface area contributed by atoms with Crippen LogP contribution in [0.3, 0.4) is 0 Å². The summed E-state index contributed by atoms with van der Waals surface area (Å²) in [5.41, 5.74) is -0.362. The number of nitrogens with zero attached hydrogens (tertiary/aromatic N) is 2. The summed E-state index contributed by atoms with van der Waals surface area (Å²) in [6, 6.07) is 5.14. The van der Waals surface area contributed by atoms with Gasteiger partial charge in [0.2, 0.25) is 0 Å². The van der Waals surface area contributed by atoms with Crippen molar-refractivity contribution in [2.45, 2.75) is 33.1 Å². The molecule has 0 saturated carbocycles. The molecule has 27 heavy (non-hydrogen) atoms. The summed E-state index contributed by atoms with van der Waals surface area (Å²) in [6.45, 7) is 5.17. The Labute approximate surface area is 157 Å². The second-order valence-corrected chi connectivity index (χ2v) is 7.08. The third kappa shape index (κ3) is 3.87. The van der Waals surface area contributed by atoms with E-state index in [1.807, 2.05) is 0 Å². The summed E-state index contributed by atoms with van der Waals surface area (Å²) >= 11 is 1.12. The molecule has 0 unspecified atom stereocenters. The normalized spacial score (nSPS) is 11.8. The van der Waals surface area contributed by atoms with Gasteiger partial charge in [-0.15, -0.1) is 11.3 Å². The van der Waals surface area contributed by atoms with E-state index >= 15 is 0 Å². The molecular formula is C18H16F3N3O2S. The molecule has 1 N–H and O–H groups in total. The minimum absolute atomic E-state index is 0.123. The van der Waals surface area contributed by atoms with Crippen molar-refractivity contribution in [2.75, 3.05) is 5.32 Å². The molecule has 0 atom stereocenters. The fourth-order valence-corrected chi connectivity index (χ4v) is 3.63. The number of rotatable bonds is 4. The molecule has 2 heterocycles. The molecule has 3 aromatic rings. The Morgan fingerprint density at radius 3 is 2.59 bits per heavy atom. The van der Waals surface area contributed by atoms with E-state index in [2.05, 4.69) is 15.3 Å². The van der Waals surface area contributed by atoms with Crippen LogP contribution in [0, 0.1) is 6.92 Å². The molecule has 1 aromatic carbocycles. The maximum Gasteiger partial charge on any atom is 0.418 e. The predicted octanol–water partition coefficient (Wildman–Crippen LogP) is 5.33. The van der Waals surface area contributed by atoms with E-state index in [1.54, 1.807) is 20.8 Å². The van der Waals surface area contributed by atoms with Gasteiger partial charge in [-0.1, -0.05) is 12.1 Å². The van der Waals surface area contributed by atoms with E-state index in [9.17, 15) is 18.0 Å². The van der Waals surface area contributed by atoms with Crippen LogP contribution >= 0.6 is 11.3 Å². The van der Waals surface area contributed by atoms with Crippen LogP contribution in [0.4, 0.5) is 24.7 Å². The number of nitrogens with one attached hydrogen (secondary N) is 1. The average molecular weight is 395 g/mol. The second kappa shape index (κ2) is 7.15. The van der Waals surface area contributed by atoms with Gasteiger partial charge in [0.25, 0.3) is 0 Å². The van der Waals surface area contributed by atoms with Crippen LogP contribution in [0.1, 0.15) is 34.6 Å². The third-order valence-corrected chi connectivity index (χ3v) is 4.92. The van der Waals surface area contributed by atoms with Crippen molar-refractivity contribution in [1.29, 1.82) is 0 Å². The Balaban J connectivity index is 2.07. The molecule has 0 amide bonds. The van der Waals surface area contributed by atoms with E-state index in [-0.39, 0.29) is 17.6 Å². The third-order valence-electron chi connectivity index (χ3n) is 3.74. The van der Waals surface area contributed by atoms with Gasteiger partial charge in [-0.05, 0) is 38.5 Å². The summed E-state index contributed by atoms with van der Waals surface area (Å²) in [5, 5.41) is 3.23. The Morgan fingerprint density at radius 2 is 1.93 bits per heavy atom. The number of hydrogen-bond acceptors (Lipinski definition) is 6. The Kier molecular flexibility index (Phi) is 5.05. The first-order valence-electron chi connectivity index (χ1n) is 8.06. The summed E-state index contributed by atoms with van der Waals surface area (Å²) in [7, 11) is 0. The van der Waals surface area contributed by atoms with Gasteiger partial charge in [-0.2, -0.15) is 13.2 Å². The highest BCUT2D eigenvalue weighted by molar-refractivity contribution is 7.20. The second-order valence-electron chi connectivity index (χ2n) is 6.08. The van der Waals surface area contributed by atoms with Gasteiger partial charge in [-0.25, -0.2) is 14.8 Å². The Hall–Kier alpha value is -2.68. The monoisotopic (exact) mass is 395 g/mol. The quantitative estimate of drug-likeness (QED) is 0.605. The number of thiophene rings is 1. The lowest BCUT2D eigenvalue weighted by molar-refractivity contribution is -0.136. The first kappa shape index (κ1) is 19.1. The van der Waals surface area contributed by atoms with E-state index < -0.39 is 17.7 Å². The van der Waals surface area contributed by atoms with Gasteiger partial charge < -0.3 is 10.1 Å². The van der Waals surface area contributed by atoms with E-state index in [1.165, 1.54) is 24.5 Å². The first-order valence-corrected chi connectivity index (χ1v) is 8.88. The largest absolute Gasteiger partial charge is 0.459 e. The summed E-state index contributed by atoms with van der Waals surface area (Å²) in [5.74, 6) is -0.291. The number of benzene rings is 1. The molecule has 0 bridgehead atoms. The number of halogens is 3. The van der Waals surface area contributed by atoms with Crippen molar-refractivity contribution in [3.8, 4) is 0 Å². The van der Waals surface area contributed by atoms with Crippen molar-refractivity contribution in [2.24, 2.45) is 0 Å². The molecule has 0 aliphatic carbocycles. The number of esters is 1. The van der Waals surface area contributed by atoms with Gasteiger partial charge in [0, 0.05) is 0 Å². The first-order chi connectivity index (χ1) is 12.7.